The van der Waals surface area contributed by atoms with Gasteiger partial charge in [-0.2, -0.15) is 9.97 Å². The zero-order valence-corrected chi connectivity index (χ0v) is 7.05. The number of aromatic nitrogens is 4. The number of aromatic amines is 1. The van der Waals surface area contributed by atoms with E-state index >= 15 is 0 Å². The molecule has 0 aromatic carbocycles. The molecule has 12 heavy (non-hydrogen) atoms. The van der Waals surface area contributed by atoms with Gasteiger partial charge in [0.05, 0.1) is 6.20 Å². The number of nitrogens with one attached hydrogen (secondary N) is 2. The largest absolute Gasteiger partial charge is 0.359 e. The first kappa shape index (κ1) is 7.30. The molecule has 0 atom stereocenters. The maximum Gasteiger partial charge on any atom is 0.224 e. The zero-order valence-electron chi connectivity index (χ0n) is 6.30. The van der Waals surface area contributed by atoms with Crippen molar-refractivity contribution in [2.45, 2.75) is 0 Å². The first-order chi connectivity index (χ1) is 5.79. The summed E-state index contributed by atoms with van der Waals surface area (Å²) in [6.45, 7) is 0. The monoisotopic (exact) mass is 183 g/mol. The van der Waals surface area contributed by atoms with Gasteiger partial charge in [-0.15, -0.1) is 0 Å². The summed E-state index contributed by atoms with van der Waals surface area (Å²) in [5.74, 6) is 0.654. The SMILES string of the molecule is CNc1nc2nc(Cl)ncc2[nH]1. The fourth-order valence-corrected chi connectivity index (χ4v) is 1.03. The molecule has 2 aromatic rings. The highest BCUT2D eigenvalue weighted by atomic mass is 35.5. The Morgan fingerprint density at radius 3 is 3.08 bits per heavy atom. The minimum absolute atomic E-state index is 0.205. The number of fused-ring (bicyclic) bond motifs is 1. The van der Waals surface area contributed by atoms with Crippen molar-refractivity contribution in [3.63, 3.8) is 0 Å². The quantitative estimate of drug-likeness (QED) is 0.649. The van der Waals surface area contributed by atoms with Crippen LogP contribution in [0.2, 0.25) is 5.28 Å². The molecule has 0 aliphatic carbocycles. The molecule has 0 radical (unpaired) electrons. The van der Waals surface area contributed by atoms with Crippen molar-refractivity contribution in [3.8, 4) is 0 Å². The van der Waals surface area contributed by atoms with Crippen LogP contribution in [0.3, 0.4) is 0 Å². The van der Waals surface area contributed by atoms with E-state index in [1.807, 2.05) is 0 Å². The summed E-state index contributed by atoms with van der Waals surface area (Å²) in [5, 5.41) is 3.06. The van der Waals surface area contributed by atoms with Gasteiger partial charge in [-0.25, -0.2) is 4.98 Å². The van der Waals surface area contributed by atoms with Gasteiger partial charge in [0.1, 0.15) is 5.52 Å². The van der Waals surface area contributed by atoms with Crippen LogP contribution in [0.15, 0.2) is 6.20 Å². The van der Waals surface area contributed by atoms with Crippen LogP contribution in [-0.4, -0.2) is 27.0 Å². The molecule has 2 aromatic heterocycles. The van der Waals surface area contributed by atoms with E-state index in [0.717, 1.165) is 5.52 Å². The van der Waals surface area contributed by atoms with Gasteiger partial charge >= 0.3 is 0 Å². The molecule has 0 spiro atoms. The number of nitrogens with zero attached hydrogens (tertiary/aromatic N) is 3. The lowest BCUT2D eigenvalue weighted by Gasteiger charge is -1.86. The molecule has 5 nitrogen and oxygen atoms in total. The maximum atomic E-state index is 5.57. The molecular weight excluding hydrogens is 178 g/mol. The highest BCUT2D eigenvalue weighted by Crippen LogP contribution is 2.11. The first-order valence-corrected chi connectivity index (χ1v) is 3.73. The Kier molecular flexibility index (Phi) is 1.58. The standard InChI is InChI=1S/C6H6ClN5/c1-8-6-10-3-2-9-5(7)11-4(3)12-6/h2H,1H3,(H2,8,9,10,11,12). The van der Waals surface area contributed by atoms with Crippen LogP contribution in [0, 0.1) is 0 Å². The Balaban J connectivity index is 2.67. The van der Waals surface area contributed by atoms with Crippen molar-refractivity contribution in [1.82, 2.24) is 19.9 Å². The van der Waals surface area contributed by atoms with Crippen LogP contribution in [0.4, 0.5) is 5.95 Å². The second-order valence-electron chi connectivity index (χ2n) is 2.21. The minimum Gasteiger partial charge on any atom is -0.359 e. The Labute approximate surface area is 73.2 Å². The molecule has 0 amide bonds. The van der Waals surface area contributed by atoms with E-state index in [2.05, 4.69) is 25.3 Å². The summed E-state index contributed by atoms with van der Waals surface area (Å²) >= 11 is 5.57. The van der Waals surface area contributed by atoms with E-state index in [0.29, 0.717) is 11.6 Å². The third-order valence-electron chi connectivity index (χ3n) is 1.45. The van der Waals surface area contributed by atoms with Gasteiger partial charge in [-0.1, -0.05) is 0 Å². The summed E-state index contributed by atoms with van der Waals surface area (Å²) in [4.78, 5) is 14.8. The Morgan fingerprint density at radius 2 is 2.33 bits per heavy atom. The van der Waals surface area contributed by atoms with Gasteiger partial charge in [-0.05, 0) is 11.6 Å². The van der Waals surface area contributed by atoms with Crippen molar-refractivity contribution >= 4 is 28.7 Å². The summed E-state index contributed by atoms with van der Waals surface area (Å²) < 4.78 is 0. The number of halogens is 1. The summed E-state index contributed by atoms with van der Waals surface area (Å²) in [6.07, 6.45) is 1.60. The van der Waals surface area contributed by atoms with E-state index in [1.165, 1.54) is 0 Å². The van der Waals surface area contributed by atoms with Crippen molar-refractivity contribution < 1.29 is 0 Å². The van der Waals surface area contributed by atoms with Crippen LogP contribution < -0.4 is 5.32 Å². The van der Waals surface area contributed by atoms with Crippen molar-refractivity contribution in [2.75, 3.05) is 12.4 Å². The molecule has 0 saturated heterocycles. The lowest BCUT2D eigenvalue weighted by atomic mass is 10.6. The summed E-state index contributed by atoms with van der Waals surface area (Å²) in [5.41, 5.74) is 1.34. The topological polar surface area (TPSA) is 66.5 Å². The normalized spacial score (nSPS) is 10.5. The average molecular weight is 184 g/mol. The first-order valence-electron chi connectivity index (χ1n) is 3.35. The number of rotatable bonds is 1. The molecule has 0 aliphatic rings. The molecule has 0 unspecified atom stereocenters. The lowest BCUT2D eigenvalue weighted by molar-refractivity contribution is 1.20. The van der Waals surface area contributed by atoms with Crippen molar-refractivity contribution in [3.05, 3.63) is 11.5 Å². The molecule has 2 rings (SSSR count). The molecular formula is C6H6ClN5. The maximum absolute atomic E-state index is 5.57. The highest BCUT2D eigenvalue weighted by molar-refractivity contribution is 6.28. The molecule has 2 heterocycles. The molecule has 2 N–H and O–H groups in total. The third-order valence-corrected chi connectivity index (χ3v) is 1.63. The predicted molar refractivity (Wildman–Crippen MR) is 46.2 cm³/mol. The summed E-state index contributed by atoms with van der Waals surface area (Å²) in [7, 11) is 1.77. The van der Waals surface area contributed by atoms with Gasteiger partial charge < -0.3 is 10.3 Å². The molecule has 62 valence electrons. The van der Waals surface area contributed by atoms with Crippen LogP contribution in [0.25, 0.3) is 11.2 Å². The lowest BCUT2D eigenvalue weighted by Crippen LogP contribution is -1.88. The second-order valence-corrected chi connectivity index (χ2v) is 2.55. The smallest absolute Gasteiger partial charge is 0.224 e. The van der Waals surface area contributed by atoms with Crippen LogP contribution in [0.5, 0.6) is 0 Å². The van der Waals surface area contributed by atoms with Crippen LogP contribution in [0.1, 0.15) is 0 Å². The average Bonchev–Trinajstić information content (AvgIpc) is 2.46. The van der Waals surface area contributed by atoms with E-state index in [-0.39, 0.29) is 5.28 Å². The fraction of sp³-hybridized carbons (Fsp3) is 0.167. The molecule has 0 aliphatic heterocycles. The molecule has 6 heteroatoms. The minimum atomic E-state index is 0.205. The molecule has 0 bridgehead atoms. The van der Waals surface area contributed by atoms with Gasteiger partial charge in [0.2, 0.25) is 11.2 Å². The molecule has 0 fully saturated rings. The van der Waals surface area contributed by atoms with Crippen LogP contribution in [-0.2, 0) is 0 Å². The Bertz CT molecular complexity index is 409. The van der Waals surface area contributed by atoms with Crippen molar-refractivity contribution in [1.29, 1.82) is 0 Å². The number of H-pyrrole nitrogens is 1. The van der Waals surface area contributed by atoms with E-state index in [4.69, 9.17) is 11.6 Å². The number of hydrogen-bond acceptors (Lipinski definition) is 4. The second kappa shape index (κ2) is 2.60. The van der Waals surface area contributed by atoms with Crippen LogP contribution >= 0.6 is 11.6 Å². The third kappa shape index (κ3) is 1.08. The Hall–Kier alpha value is -1.36. The van der Waals surface area contributed by atoms with Gasteiger partial charge in [0, 0.05) is 7.05 Å². The summed E-state index contributed by atoms with van der Waals surface area (Å²) in [6, 6.07) is 0. The number of imidazole rings is 1. The number of anilines is 1. The van der Waals surface area contributed by atoms with E-state index < -0.39 is 0 Å². The highest BCUT2D eigenvalue weighted by Gasteiger charge is 2.02. The van der Waals surface area contributed by atoms with Gasteiger partial charge in [0.25, 0.3) is 0 Å². The van der Waals surface area contributed by atoms with E-state index in [9.17, 15) is 0 Å². The number of hydrogen-bond donors (Lipinski definition) is 2. The Morgan fingerprint density at radius 1 is 1.50 bits per heavy atom. The predicted octanol–water partition coefficient (Wildman–Crippen LogP) is 1.05. The van der Waals surface area contributed by atoms with Gasteiger partial charge in [0.15, 0.2) is 5.65 Å². The molecule has 0 saturated carbocycles. The van der Waals surface area contributed by atoms with Crippen molar-refractivity contribution in [2.24, 2.45) is 0 Å². The zero-order chi connectivity index (χ0) is 8.55. The fourth-order valence-electron chi connectivity index (χ4n) is 0.905. The van der Waals surface area contributed by atoms with Gasteiger partial charge in [-0.3, -0.25) is 0 Å². The van der Waals surface area contributed by atoms with E-state index in [1.54, 1.807) is 13.2 Å².